The summed E-state index contributed by atoms with van der Waals surface area (Å²) >= 11 is 0. The number of anilines is 1. The van der Waals surface area contributed by atoms with Gasteiger partial charge in [0.2, 0.25) is 0 Å². The second-order valence-corrected chi connectivity index (χ2v) is 5.54. The Morgan fingerprint density at radius 2 is 2.07 bits per heavy atom. The molecule has 0 bridgehead atoms. The monoisotopic (exact) mass is 227 g/mol. The van der Waals surface area contributed by atoms with Crippen molar-refractivity contribution in [3.8, 4) is 0 Å². The molecule has 0 amide bonds. The van der Waals surface area contributed by atoms with Gasteiger partial charge in [-0.1, -0.05) is 0 Å². The highest BCUT2D eigenvalue weighted by Gasteiger charge is 2.25. The van der Waals surface area contributed by atoms with Crippen LogP contribution < -0.4 is 5.73 Å². The van der Waals surface area contributed by atoms with E-state index in [1.54, 1.807) is 0 Å². The van der Waals surface area contributed by atoms with Gasteiger partial charge in [0, 0.05) is 12.0 Å². The number of fused-ring (bicyclic) bond motifs is 1. The minimum absolute atomic E-state index is 0.00514. The number of nitrogens with zero attached hydrogens (tertiary/aromatic N) is 2. The van der Waals surface area contributed by atoms with E-state index in [2.05, 4.69) is 9.97 Å². The first-order valence-electron chi connectivity index (χ1n) is 4.33. The van der Waals surface area contributed by atoms with E-state index in [4.69, 9.17) is 5.73 Å². The van der Waals surface area contributed by atoms with Crippen LogP contribution in [0.5, 0.6) is 0 Å². The Balaban J connectivity index is 2.57. The summed E-state index contributed by atoms with van der Waals surface area (Å²) in [5.74, 6) is 0.0122. The fourth-order valence-corrected chi connectivity index (χ4v) is 2.93. The van der Waals surface area contributed by atoms with Crippen molar-refractivity contribution in [2.24, 2.45) is 0 Å². The molecule has 1 aromatic rings. The van der Waals surface area contributed by atoms with Gasteiger partial charge >= 0.3 is 0 Å². The third-order valence-corrected chi connectivity index (χ3v) is 3.82. The standard InChI is InChI=1S/C8H9N3O3S/c9-8-5-4-15(13,14)2-1-6(5)10-7(3-12)11-8/h3H,1-2,4H2,(H2,9,10,11). The summed E-state index contributed by atoms with van der Waals surface area (Å²) in [6, 6.07) is 0. The van der Waals surface area contributed by atoms with Gasteiger partial charge in [0.05, 0.1) is 17.2 Å². The van der Waals surface area contributed by atoms with Crippen LogP contribution in [0.2, 0.25) is 0 Å². The SMILES string of the molecule is Nc1nc(C=O)nc2c1CS(=O)(=O)CC2. The summed E-state index contributed by atoms with van der Waals surface area (Å²) in [6.07, 6.45) is 0.797. The molecule has 0 aromatic carbocycles. The number of aromatic nitrogens is 2. The van der Waals surface area contributed by atoms with Gasteiger partial charge in [-0.05, 0) is 0 Å². The van der Waals surface area contributed by atoms with E-state index in [0.29, 0.717) is 24.0 Å². The van der Waals surface area contributed by atoms with Crippen LogP contribution in [0.25, 0.3) is 0 Å². The number of rotatable bonds is 1. The predicted octanol–water partition coefficient (Wildman–Crippen LogP) is -0.658. The van der Waals surface area contributed by atoms with Gasteiger partial charge < -0.3 is 5.73 Å². The van der Waals surface area contributed by atoms with Crippen LogP contribution in [0, 0.1) is 0 Å². The average Bonchev–Trinajstić information content (AvgIpc) is 2.18. The first kappa shape index (κ1) is 10.0. The molecule has 0 saturated heterocycles. The lowest BCUT2D eigenvalue weighted by Crippen LogP contribution is -2.23. The topological polar surface area (TPSA) is 103 Å². The van der Waals surface area contributed by atoms with Crippen molar-refractivity contribution >= 4 is 21.9 Å². The molecule has 1 aliphatic rings. The Hall–Kier alpha value is -1.50. The Morgan fingerprint density at radius 1 is 1.33 bits per heavy atom. The fourth-order valence-electron chi connectivity index (χ4n) is 1.53. The molecule has 2 heterocycles. The van der Waals surface area contributed by atoms with Crippen LogP contribution in [0.1, 0.15) is 21.9 Å². The Labute approximate surface area is 86.5 Å². The molecule has 1 aliphatic heterocycles. The summed E-state index contributed by atoms with van der Waals surface area (Å²) in [5.41, 5.74) is 6.57. The molecule has 0 spiro atoms. The van der Waals surface area contributed by atoms with Crippen molar-refractivity contribution in [2.45, 2.75) is 12.2 Å². The first-order valence-corrected chi connectivity index (χ1v) is 6.15. The van der Waals surface area contributed by atoms with E-state index in [1.165, 1.54) is 0 Å². The summed E-state index contributed by atoms with van der Waals surface area (Å²) in [4.78, 5) is 18.1. The third-order valence-electron chi connectivity index (χ3n) is 2.26. The Kier molecular flexibility index (Phi) is 2.18. The third kappa shape index (κ3) is 1.82. The normalized spacial score (nSPS) is 18.1. The van der Waals surface area contributed by atoms with E-state index in [0.717, 1.165) is 0 Å². The number of carbonyl (C=O) groups excluding carboxylic acids is 1. The molecular weight excluding hydrogens is 218 g/mol. The predicted molar refractivity (Wildman–Crippen MR) is 53.0 cm³/mol. The molecule has 0 saturated carbocycles. The maximum Gasteiger partial charge on any atom is 0.194 e. The molecule has 80 valence electrons. The van der Waals surface area contributed by atoms with Gasteiger partial charge in [0.25, 0.3) is 0 Å². The molecule has 2 rings (SSSR count). The van der Waals surface area contributed by atoms with Crippen molar-refractivity contribution in [1.29, 1.82) is 0 Å². The quantitative estimate of drug-likeness (QED) is 0.639. The van der Waals surface area contributed by atoms with Gasteiger partial charge in [-0.2, -0.15) is 0 Å². The van der Waals surface area contributed by atoms with Gasteiger partial charge in [0.15, 0.2) is 21.9 Å². The van der Waals surface area contributed by atoms with E-state index in [1.807, 2.05) is 0 Å². The molecule has 2 N–H and O–H groups in total. The number of aldehydes is 1. The summed E-state index contributed by atoms with van der Waals surface area (Å²) in [5, 5.41) is 0. The molecular formula is C8H9N3O3S. The summed E-state index contributed by atoms with van der Waals surface area (Å²) < 4.78 is 22.7. The molecule has 0 fully saturated rings. The Morgan fingerprint density at radius 3 is 2.73 bits per heavy atom. The van der Waals surface area contributed by atoms with Gasteiger partial charge in [0.1, 0.15) is 5.82 Å². The van der Waals surface area contributed by atoms with Gasteiger partial charge in [-0.25, -0.2) is 18.4 Å². The first-order chi connectivity index (χ1) is 7.02. The van der Waals surface area contributed by atoms with Crippen LogP contribution in [0.3, 0.4) is 0 Å². The number of hydrogen-bond acceptors (Lipinski definition) is 6. The lowest BCUT2D eigenvalue weighted by atomic mass is 10.2. The maximum absolute atomic E-state index is 11.3. The highest BCUT2D eigenvalue weighted by molar-refractivity contribution is 7.90. The zero-order valence-electron chi connectivity index (χ0n) is 7.80. The lowest BCUT2D eigenvalue weighted by Gasteiger charge is -2.16. The van der Waals surface area contributed by atoms with E-state index in [9.17, 15) is 13.2 Å². The lowest BCUT2D eigenvalue weighted by molar-refractivity contribution is 0.111. The fraction of sp³-hybridized carbons (Fsp3) is 0.375. The maximum atomic E-state index is 11.3. The molecule has 0 unspecified atom stereocenters. The van der Waals surface area contributed by atoms with Gasteiger partial charge in [-0.15, -0.1) is 0 Å². The van der Waals surface area contributed by atoms with Crippen LogP contribution in [-0.4, -0.2) is 30.4 Å². The second-order valence-electron chi connectivity index (χ2n) is 3.35. The van der Waals surface area contributed by atoms with E-state index < -0.39 is 9.84 Å². The van der Waals surface area contributed by atoms with E-state index in [-0.39, 0.29) is 23.1 Å². The van der Waals surface area contributed by atoms with Crippen molar-refractivity contribution in [2.75, 3.05) is 11.5 Å². The van der Waals surface area contributed by atoms with Crippen LogP contribution in [-0.2, 0) is 22.0 Å². The number of nitrogen functional groups attached to an aromatic ring is 1. The number of aryl methyl sites for hydroxylation is 1. The molecule has 15 heavy (non-hydrogen) atoms. The zero-order valence-corrected chi connectivity index (χ0v) is 8.62. The molecule has 0 atom stereocenters. The summed E-state index contributed by atoms with van der Waals surface area (Å²) in [6.45, 7) is 0. The van der Waals surface area contributed by atoms with Crippen LogP contribution >= 0.6 is 0 Å². The minimum atomic E-state index is -3.09. The smallest absolute Gasteiger partial charge is 0.194 e. The number of sulfone groups is 1. The zero-order chi connectivity index (χ0) is 11.1. The van der Waals surface area contributed by atoms with Crippen molar-refractivity contribution in [3.63, 3.8) is 0 Å². The molecule has 0 aliphatic carbocycles. The van der Waals surface area contributed by atoms with Crippen molar-refractivity contribution in [1.82, 2.24) is 9.97 Å². The van der Waals surface area contributed by atoms with Crippen LogP contribution in [0.15, 0.2) is 0 Å². The van der Waals surface area contributed by atoms with E-state index >= 15 is 0 Å². The number of hydrogen-bond donors (Lipinski definition) is 1. The number of carbonyl (C=O) groups is 1. The highest BCUT2D eigenvalue weighted by atomic mass is 32.2. The molecule has 6 nitrogen and oxygen atoms in total. The van der Waals surface area contributed by atoms with Crippen molar-refractivity contribution < 1.29 is 13.2 Å². The van der Waals surface area contributed by atoms with Crippen molar-refractivity contribution in [3.05, 3.63) is 17.1 Å². The second kappa shape index (κ2) is 3.27. The minimum Gasteiger partial charge on any atom is -0.383 e. The molecule has 7 heteroatoms. The summed E-state index contributed by atoms with van der Waals surface area (Å²) in [7, 11) is -3.09. The molecule has 1 aromatic heterocycles. The molecule has 0 radical (unpaired) electrons. The average molecular weight is 227 g/mol. The van der Waals surface area contributed by atoms with Gasteiger partial charge in [-0.3, -0.25) is 4.79 Å². The van der Waals surface area contributed by atoms with Crippen LogP contribution in [0.4, 0.5) is 5.82 Å². The Bertz CT molecular complexity index is 524. The number of nitrogens with two attached hydrogens (primary N) is 1. The highest BCUT2D eigenvalue weighted by Crippen LogP contribution is 2.22. The largest absolute Gasteiger partial charge is 0.383 e.